The van der Waals surface area contributed by atoms with Crippen LogP contribution >= 0.6 is 0 Å². The SMILES string of the molecule is OC[C@H]1O[C@H](OC[C@H]2O[C@H](O)[C@H](O[C@H]3O[C@H](CO)[C@@H](O)[C@H](O)[C@H]3O)[C@@H](O)[C@@H]2O)[C@H](O)[C@@H](O)[C@@H]1O. The minimum absolute atomic E-state index is 0.593. The van der Waals surface area contributed by atoms with Crippen molar-refractivity contribution in [1.82, 2.24) is 0 Å². The Morgan fingerprint density at radius 3 is 1.50 bits per heavy atom. The molecule has 0 spiro atoms. The van der Waals surface area contributed by atoms with Crippen molar-refractivity contribution in [2.24, 2.45) is 0 Å². The van der Waals surface area contributed by atoms with E-state index in [2.05, 4.69) is 0 Å². The fraction of sp³-hybridized carbons (Fsp3) is 1.00. The monoisotopic (exact) mass is 504 g/mol. The zero-order chi connectivity index (χ0) is 25.3. The number of ether oxygens (including phenoxy) is 5. The van der Waals surface area contributed by atoms with Crippen LogP contribution in [0.2, 0.25) is 0 Å². The number of rotatable bonds is 7. The van der Waals surface area contributed by atoms with Gasteiger partial charge in [0.25, 0.3) is 0 Å². The van der Waals surface area contributed by atoms with Crippen molar-refractivity contribution in [3.63, 3.8) is 0 Å². The summed E-state index contributed by atoms with van der Waals surface area (Å²) in [6, 6.07) is 0. The van der Waals surface area contributed by atoms with Gasteiger partial charge in [0.05, 0.1) is 19.8 Å². The molecule has 16 nitrogen and oxygen atoms in total. The molecule has 0 bridgehead atoms. The first-order valence-electron chi connectivity index (χ1n) is 10.6. The molecular formula is C18H32O16. The van der Waals surface area contributed by atoms with Crippen LogP contribution in [0.3, 0.4) is 0 Å². The average molecular weight is 504 g/mol. The van der Waals surface area contributed by atoms with Crippen molar-refractivity contribution in [2.75, 3.05) is 19.8 Å². The fourth-order valence-electron chi connectivity index (χ4n) is 3.94. The van der Waals surface area contributed by atoms with E-state index in [0.717, 1.165) is 0 Å². The molecule has 3 aliphatic heterocycles. The van der Waals surface area contributed by atoms with Gasteiger partial charge in [-0.05, 0) is 0 Å². The van der Waals surface area contributed by atoms with Gasteiger partial charge in [0.15, 0.2) is 18.9 Å². The molecule has 3 saturated heterocycles. The van der Waals surface area contributed by atoms with Crippen molar-refractivity contribution < 1.29 is 79.9 Å². The molecule has 0 aromatic heterocycles. The topological polar surface area (TPSA) is 269 Å². The predicted octanol–water partition coefficient (Wildman–Crippen LogP) is -7.57. The molecule has 0 aromatic carbocycles. The lowest BCUT2D eigenvalue weighted by atomic mass is 9.97. The van der Waals surface area contributed by atoms with E-state index in [9.17, 15) is 56.2 Å². The first kappa shape index (κ1) is 27.9. The standard InChI is InChI=1S/C18H32O16/c19-1-4-7(21)10(24)13(27)17(32-4)30-3-6-9(23)12(26)15(16(29)31-6)34-18-14(28)11(25)8(22)5(2-20)33-18/h4-29H,1-3H2/t4-,5-,6-,7-,8-,9-,10+,11+,12+,13-,14-,15-,16+,17+,18-/m1/s1. The minimum atomic E-state index is -1.92. The van der Waals surface area contributed by atoms with Crippen LogP contribution in [0.25, 0.3) is 0 Å². The van der Waals surface area contributed by atoms with Gasteiger partial charge < -0.3 is 79.9 Å². The molecule has 0 unspecified atom stereocenters. The van der Waals surface area contributed by atoms with Crippen LogP contribution in [0.1, 0.15) is 0 Å². The second-order valence-electron chi connectivity index (χ2n) is 8.37. The molecule has 0 radical (unpaired) electrons. The van der Waals surface area contributed by atoms with E-state index in [1.807, 2.05) is 0 Å². The molecule has 34 heavy (non-hydrogen) atoms. The van der Waals surface area contributed by atoms with Crippen molar-refractivity contribution in [3.8, 4) is 0 Å². The zero-order valence-corrected chi connectivity index (χ0v) is 17.7. The summed E-state index contributed by atoms with van der Waals surface area (Å²) in [6.45, 7) is -2.02. The van der Waals surface area contributed by atoms with Crippen LogP contribution in [-0.2, 0) is 23.7 Å². The van der Waals surface area contributed by atoms with E-state index < -0.39 is 112 Å². The Hall–Kier alpha value is -0.640. The van der Waals surface area contributed by atoms with Gasteiger partial charge in [-0.25, -0.2) is 0 Å². The summed E-state index contributed by atoms with van der Waals surface area (Å²) < 4.78 is 26.0. The summed E-state index contributed by atoms with van der Waals surface area (Å²) in [7, 11) is 0. The molecule has 3 fully saturated rings. The normalized spacial score (nSPS) is 52.5. The number of aliphatic hydroxyl groups excluding tert-OH is 11. The lowest BCUT2D eigenvalue weighted by molar-refractivity contribution is -0.366. The third kappa shape index (κ3) is 5.52. The summed E-state index contributed by atoms with van der Waals surface area (Å²) in [5, 5.41) is 109. The highest BCUT2D eigenvalue weighted by Crippen LogP contribution is 2.29. The predicted molar refractivity (Wildman–Crippen MR) is 101 cm³/mol. The average Bonchev–Trinajstić information content (AvgIpc) is 2.82. The molecule has 0 amide bonds. The Labute approximate surface area is 192 Å². The maximum Gasteiger partial charge on any atom is 0.187 e. The Morgan fingerprint density at radius 1 is 0.500 bits per heavy atom. The number of hydrogen-bond acceptors (Lipinski definition) is 16. The maximum absolute atomic E-state index is 10.4. The van der Waals surface area contributed by atoms with Gasteiger partial charge in [-0.2, -0.15) is 0 Å². The molecule has 3 aliphatic rings. The van der Waals surface area contributed by atoms with Gasteiger partial charge in [0, 0.05) is 0 Å². The Balaban J connectivity index is 1.59. The first-order chi connectivity index (χ1) is 16.0. The largest absolute Gasteiger partial charge is 0.394 e. The van der Waals surface area contributed by atoms with Crippen LogP contribution in [0, 0.1) is 0 Å². The van der Waals surface area contributed by atoms with E-state index in [1.54, 1.807) is 0 Å². The van der Waals surface area contributed by atoms with Gasteiger partial charge in [-0.15, -0.1) is 0 Å². The maximum atomic E-state index is 10.4. The van der Waals surface area contributed by atoms with Gasteiger partial charge in [0.2, 0.25) is 0 Å². The van der Waals surface area contributed by atoms with Crippen LogP contribution in [0.5, 0.6) is 0 Å². The molecule has 0 saturated carbocycles. The summed E-state index contributed by atoms with van der Waals surface area (Å²) >= 11 is 0. The van der Waals surface area contributed by atoms with Gasteiger partial charge in [-0.3, -0.25) is 0 Å². The summed E-state index contributed by atoms with van der Waals surface area (Å²) in [5.41, 5.74) is 0. The molecule has 3 heterocycles. The second kappa shape index (κ2) is 11.6. The molecule has 11 N–H and O–H groups in total. The van der Waals surface area contributed by atoms with E-state index in [0.29, 0.717) is 0 Å². The third-order valence-corrected chi connectivity index (χ3v) is 6.08. The molecule has 3 rings (SSSR count). The third-order valence-electron chi connectivity index (χ3n) is 6.08. The van der Waals surface area contributed by atoms with Crippen LogP contribution < -0.4 is 0 Å². The smallest absolute Gasteiger partial charge is 0.187 e. The number of hydrogen-bond donors (Lipinski definition) is 11. The summed E-state index contributed by atoms with van der Waals surface area (Å²) in [4.78, 5) is 0. The van der Waals surface area contributed by atoms with Crippen LogP contribution in [-0.4, -0.2) is 168 Å². The lowest BCUT2D eigenvalue weighted by Gasteiger charge is -2.45. The molecule has 15 atom stereocenters. The van der Waals surface area contributed by atoms with Crippen molar-refractivity contribution in [2.45, 2.75) is 92.1 Å². The van der Waals surface area contributed by atoms with Gasteiger partial charge >= 0.3 is 0 Å². The minimum Gasteiger partial charge on any atom is -0.394 e. The zero-order valence-electron chi connectivity index (χ0n) is 17.7. The Bertz CT molecular complexity index is 635. The highest BCUT2D eigenvalue weighted by Gasteiger charge is 2.51. The molecule has 16 heteroatoms. The highest BCUT2D eigenvalue weighted by molar-refractivity contribution is 4.94. The van der Waals surface area contributed by atoms with Crippen LogP contribution in [0.15, 0.2) is 0 Å². The van der Waals surface area contributed by atoms with Crippen LogP contribution in [0.4, 0.5) is 0 Å². The van der Waals surface area contributed by atoms with E-state index >= 15 is 0 Å². The quantitative estimate of drug-likeness (QED) is 0.154. The molecule has 0 aliphatic carbocycles. The Morgan fingerprint density at radius 2 is 0.971 bits per heavy atom. The highest BCUT2D eigenvalue weighted by atomic mass is 16.7. The first-order valence-corrected chi connectivity index (χ1v) is 10.6. The molecule has 200 valence electrons. The molecule has 0 aromatic rings. The molecular weight excluding hydrogens is 472 g/mol. The van der Waals surface area contributed by atoms with Crippen molar-refractivity contribution in [3.05, 3.63) is 0 Å². The van der Waals surface area contributed by atoms with Crippen molar-refractivity contribution in [1.29, 1.82) is 0 Å². The number of aliphatic hydroxyl groups is 11. The lowest BCUT2D eigenvalue weighted by Crippen LogP contribution is -2.64. The van der Waals surface area contributed by atoms with Gasteiger partial charge in [-0.1, -0.05) is 0 Å². The summed E-state index contributed by atoms with van der Waals surface area (Å²) in [5.74, 6) is 0. The van der Waals surface area contributed by atoms with E-state index in [4.69, 9.17) is 23.7 Å². The van der Waals surface area contributed by atoms with E-state index in [1.165, 1.54) is 0 Å². The second-order valence-corrected chi connectivity index (χ2v) is 8.37. The fourth-order valence-corrected chi connectivity index (χ4v) is 3.94. The van der Waals surface area contributed by atoms with Crippen molar-refractivity contribution >= 4 is 0 Å². The summed E-state index contributed by atoms with van der Waals surface area (Å²) in [6.07, 6.45) is -24.8. The Kier molecular flexibility index (Phi) is 9.54. The van der Waals surface area contributed by atoms with Gasteiger partial charge in [0.1, 0.15) is 73.2 Å². The van der Waals surface area contributed by atoms with E-state index in [-0.39, 0.29) is 0 Å².